The molecule has 5 nitrogen and oxygen atoms in total. The summed E-state index contributed by atoms with van der Waals surface area (Å²) in [7, 11) is 0. The molecule has 27 heavy (non-hydrogen) atoms. The van der Waals surface area contributed by atoms with Crippen LogP contribution in [-0.2, 0) is 4.79 Å². The molecule has 0 aliphatic heterocycles. The zero-order chi connectivity index (χ0) is 19.2. The van der Waals surface area contributed by atoms with Crippen LogP contribution >= 0.6 is 0 Å². The molecule has 0 bridgehead atoms. The molecule has 0 saturated carbocycles. The molecule has 1 amide bonds. The van der Waals surface area contributed by atoms with Gasteiger partial charge in [0.2, 0.25) is 5.43 Å². The predicted octanol–water partition coefficient (Wildman–Crippen LogP) is 4.06. The van der Waals surface area contributed by atoms with Crippen molar-refractivity contribution in [1.82, 2.24) is 5.32 Å². The molecule has 3 aromatic rings. The molecule has 0 spiro atoms. The highest BCUT2D eigenvalue weighted by molar-refractivity contribution is 5.84. The topological polar surface area (TPSA) is 68.5 Å². The first kappa shape index (κ1) is 18.7. The maximum Gasteiger partial charge on any atom is 0.257 e. The summed E-state index contributed by atoms with van der Waals surface area (Å²) >= 11 is 0. The summed E-state index contributed by atoms with van der Waals surface area (Å²) in [6.07, 6.45) is 1.96. The van der Waals surface area contributed by atoms with Crippen molar-refractivity contribution in [3.05, 3.63) is 64.5 Å². The van der Waals surface area contributed by atoms with Crippen molar-refractivity contribution in [3.63, 3.8) is 0 Å². The second-order valence-corrected chi connectivity index (χ2v) is 6.38. The molecular weight excluding hydrogens is 342 g/mol. The summed E-state index contributed by atoms with van der Waals surface area (Å²) in [6, 6.07) is 14.5. The van der Waals surface area contributed by atoms with Gasteiger partial charge in [-0.3, -0.25) is 9.59 Å². The van der Waals surface area contributed by atoms with Gasteiger partial charge in [-0.1, -0.05) is 43.7 Å². The van der Waals surface area contributed by atoms with Crippen molar-refractivity contribution in [1.29, 1.82) is 0 Å². The number of unbranched alkanes of at least 4 members (excludes halogenated alkanes) is 1. The minimum absolute atomic E-state index is 0.0689. The van der Waals surface area contributed by atoms with E-state index in [0.29, 0.717) is 34.6 Å². The van der Waals surface area contributed by atoms with Crippen molar-refractivity contribution in [2.45, 2.75) is 26.7 Å². The third-order valence-corrected chi connectivity index (χ3v) is 4.32. The molecule has 0 atom stereocenters. The lowest BCUT2D eigenvalue weighted by molar-refractivity contribution is -0.123. The maximum absolute atomic E-state index is 12.9. The van der Waals surface area contributed by atoms with Gasteiger partial charge in [-0.25, -0.2) is 0 Å². The number of carbonyl (C=O) groups is 1. The van der Waals surface area contributed by atoms with Gasteiger partial charge in [0, 0.05) is 12.6 Å². The van der Waals surface area contributed by atoms with E-state index < -0.39 is 0 Å². The number of ether oxygens (including phenoxy) is 1. The number of rotatable bonds is 7. The molecule has 1 heterocycles. The molecule has 0 aliphatic carbocycles. The summed E-state index contributed by atoms with van der Waals surface area (Å²) in [6.45, 7) is 4.42. The molecule has 1 aromatic heterocycles. The van der Waals surface area contributed by atoms with Gasteiger partial charge in [-0.15, -0.1) is 0 Å². The van der Waals surface area contributed by atoms with Crippen molar-refractivity contribution in [2.24, 2.45) is 0 Å². The van der Waals surface area contributed by atoms with Crippen LogP contribution in [-0.4, -0.2) is 19.1 Å². The average molecular weight is 365 g/mol. The molecule has 0 unspecified atom stereocenters. The Balaban J connectivity index is 1.83. The number of fused-ring (bicyclic) bond motifs is 1. The Hall–Kier alpha value is -3.08. The van der Waals surface area contributed by atoms with Gasteiger partial charge in [0.15, 0.2) is 6.61 Å². The summed E-state index contributed by atoms with van der Waals surface area (Å²) in [5.74, 6) is 0.872. The number of hydrogen-bond donors (Lipinski definition) is 1. The number of amides is 1. The minimum atomic E-state index is -0.166. The Labute approximate surface area is 158 Å². The van der Waals surface area contributed by atoms with E-state index in [0.717, 1.165) is 18.4 Å². The average Bonchev–Trinajstić information content (AvgIpc) is 2.67. The van der Waals surface area contributed by atoms with Gasteiger partial charge in [0.25, 0.3) is 5.91 Å². The molecular formula is C22H23NO4. The van der Waals surface area contributed by atoms with Crippen LogP contribution in [0.4, 0.5) is 0 Å². The lowest BCUT2D eigenvalue weighted by Gasteiger charge is -2.10. The summed E-state index contributed by atoms with van der Waals surface area (Å²) in [5.41, 5.74) is 1.76. The molecule has 0 saturated heterocycles. The predicted molar refractivity (Wildman–Crippen MR) is 106 cm³/mol. The van der Waals surface area contributed by atoms with Crippen LogP contribution in [0.2, 0.25) is 0 Å². The van der Waals surface area contributed by atoms with E-state index in [1.807, 2.05) is 30.3 Å². The van der Waals surface area contributed by atoms with Crippen LogP contribution in [0.15, 0.2) is 57.7 Å². The molecule has 1 N–H and O–H groups in total. The van der Waals surface area contributed by atoms with E-state index in [9.17, 15) is 9.59 Å². The van der Waals surface area contributed by atoms with E-state index >= 15 is 0 Å². The Bertz CT molecular complexity index is 992. The highest BCUT2D eigenvalue weighted by Crippen LogP contribution is 2.26. The van der Waals surface area contributed by atoms with E-state index in [2.05, 4.69) is 12.2 Å². The second kappa shape index (κ2) is 8.54. The maximum atomic E-state index is 12.9. The fraction of sp³-hybridized carbons (Fsp3) is 0.273. The standard InChI is InChI=1S/C22H23NO4/c1-3-4-12-23-20(24)14-26-17-10-11-18-19(13-17)27-15(2)21(22(18)25)16-8-6-5-7-9-16/h5-11,13H,3-4,12,14H2,1-2H3,(H,23,24). The quantitative estimate of drug-likeness (QED) is 0.641. The van der Waals surface area contributed by atoms with E-state index in [4.69, 9.17) is 9.15 Å². The lowest BCUT2D eigenvalue weighted by Crippen LogP contribution is -2.29. The van der Waals surface area contributed by atoms with Crippen LogP contribution in [0.3, 0.4) is 0 Å². The molecule has 0 fully saturated rings. The van der Waals surface area contributed by atoms with Crippen LogP contribution in [0.1, 0.15) is 25.5 Å². The zero-order valence-corrected chi connectivity index (χ0v) is 15.6. The first-order valence-electron chi connectivity index (χ1n) is 9.12. The minimum Gasteiger partial charge on any atom is -0.484 e. The van der Waals surface area contributed by atoms with Crippen LogP contribution in [0, 0.1) is 6.92 Å². The lowest BCUT2D eigenvalue weighted by atomic mass is 10.0. The van der Waals surface area contributed by atoms with E-state index in [1.54, 1.807) is 25.1 Å². The number of hydrogen-bond acceptors (Lipinski definition) is 4. The number of benzene rings is 2. The van der Waals surface area contributed by atoms with Gasteiger partial charge < -0.3 is 14.5 Å². The Morgan fingerprint density at radius 2 is 1.93 bits per heavy atom. The Morgan fingerprint density at radius 3 is 2.67 bits per heavy atom. The molecule has 3 rings (SSSR count). The summed E-state index contributed by atoms with van der Waals surface area (Å²) in [4.78, 5) is 24.7. The van der Waals surface area contributed by atoms with Crippen molar-refractivity contribution >= 4 is 16.9 Å². The monoisotopic (exact) mass is 365 g/mol. The molecule has 0 radical (unpaired) electrons. The molecule has 140 valence electrons. The number of nitrogens with one attached hydrogen (secondary N) is 1. The van der Waals surface area contributed by atoms with Gasteiger partial charge in [-0.2, -0.15) is 0 Å². The van der Waals surface area contributed by atoms with Crippen LogP contribution < -0.4 is 15.5 Å². The van der Waals surface area contributed by atoms with E-state index in [1.165, 1.54) is 0 Å². The molecule has 0 aliphatic rings. The van der Waals surface area contributed by atoms with Gasteiger partial charge in [0.1, 0.15) is 17.1 Å². The van der Waals surface area contributed by atoms with Crippen molar-refractivity contribution < 1.29 is 13.9 Å². The SMILES string of the molecule is CCCCNC(=O)COc1ccc2c(=O)c(-c3ccccc3)c(C)oc2c1. The van der Waals surface area contributed by atoms with Crippen LogP contribution in [0.25, 0.3) is 22.1 Å². The molecule has 5 heteroatoms. The second-order valence-electron chi connectivity index (χ2n) is 6.38. The van der Waals surface area contributed by atoms with Gasteiger partial charge >= 0.3 is 0 Å². The van der Waals surface area contributed by atoms with E-state index in [-0.39, 0.29) is 17.9 Å². The third-order valence-electron chi connectivity index (χ3n) is 4.32. The smallest absolute Gasteiger partial charge is 0.257 e. The highest BCUT2D eigenvalue weighted by atomic mass is 16.5. The van der Waals surface area contributed by atoms with Gasteiger partial charge in [0.05, 0.1) is 10.9 Å². The molecule has 2 aromatic carbocycles. The van der Waals surface area contributed by atoms with Crippen LogP contribution in [0.5, 0.6) is 5.75 Å². The first-order chi connectivity index (χ1) is 13.1. The number of carbonyl (C=O) groups excluding carboxylic acids is 1. The Morgan fingerprint density at radius 1 is 1.15 bits per heavy atom. The fourth-order valence-corrected chi connectivity index (χ4v) is 2.92. The zero-order valence-electron chi connectivity index (χ0n) is 15.6. The summed E-state index contributed by atoms with van der Waals surface area (Å²) in [5, 5.41) is 3.28. The van der Waals surface area contributed by atoms with Gasteiger partial charge in [-0.05, 0) is 31.0 Å². The van der Waals surface area contributed by atoms with Crippen molar-refractivity contribution in [3.8, 4) is 16.9 Å². The number of aryl methyl sites for hydroxylation is 1. The first-order valence-corrected chi connectivity index (χ1v) is 9.12. The fourth-order valence-electron chi connectivity index (χ4n) is 2.92. The van der Waals surface area contributed by atoms with Crippen molar-refractivity contribution in [2.75, 3.05) is 13.2 Å². The third kappa shape index (κ3) is 4.37. The largest absolute Gasteiger partial charge is 0.484 e. The normalized spacial score (nSPS) is 10.7. The summed E-state index contributed by atoms with van der Waals surface area (Å²) < 4.78 is 11.4. The highest BCUT2D eigenvalue weighted by Gasteiger charge is 2.14. The Kier molecular flexibility index (Phi) is 5.91.